The fourth-order valence-electron chi connectivity index (χ4n) is 1.19. The largest absolute Gasteiger partial charge is 0.763 e. The highest BCUT2D eigenvalue weighted by Gasteiger charge is 2.15. The average molecular weight is 291 g/mol. The molecule has 0 radical (unpaired) electrons. The number of nitrogens with zero attached hydrogens (tertiary/aromatic N) is 2. The number of aliphatic carboxylic acids is 1. The van der Waals surface area contributed by atoms with Crippen molar-refractivity contribution in [3.8, 4) is 0 Å². The summed E-state index contributed by atoms with van der Waals surface area (Å²) in [6.45, 7) is 0. The molecule has 0 aliphatic rings. The summed E-state index contributed by atoms with van der Waals surface area (Å²) in [5.41, 5.74) is 4.35. The third-order valence-electron chi connectivity index (χ3n) is 2.08. The van der Waals surface area contributed by atoms with E-state index in [1.165, 1.54) is 5.87 Å². The maximum atomic E-state index is 11.1. The van der Waals surface area contributed by atoms with Gasteiger partial charge in [-0.25, -0.2) is 9.79 Å². The summed E-state index contributed by atoms with van der Waals surface area (Å²) >= 11 is 5.78. The van der Waals surface area contributed by atoms with E-state index in [2.05, 4.69) is 4.99 Å². The molecule has 102 valence electrons. The molecule has 1 aromatic carbocycles. The summed E-state index contributed by atoms with van der Waals surface area (Å²) in [5.74, 6) is -0.873. The van der Waals surface area contributed by atoms with Gasteiger partial charge in [0.2, 0.25) is 0 Å². The highest BCUT2D eigenvalue weighted by molar-refractivity contribution is 6.58. The number of hydrogen-bond acceptors (Lipinski definition) is 3. The van der Waals surface area contributed by atoms with Gasteiger partial charge >= 0.3 is 5.97 Å². The fraction of sp³-hybridized carbons (Fsp3) is 0. The molecular weight excluding hydrogens is 282 g/mol. The molecule has 0 saturated carbocycles. The summed E-state index contributed by atoms with van der Waals surface area (Å²) in [6.07, 6.45) is 0.875. The lowest BCUT2D eigenvalue weighted by atomic mass is 10.2. The van der Waals surface area contributed by atoms with Crippen molar-refractivity contribution < 1.29 is 14.7 Å². The van der Waals surface area contributed by atoms with Crippen molar-refractivity contribution in [2.75, 3.05) is 0 Å². The van der Waals surface area contributed by atoms with Crippen LogP contribution in [0.5, 0.6) is 0 Å². The molecular formula is C13H9ClN3O3-. The Bertz CT molecular complexity index is 644. The van der Waals surface area contributed by atoms with Gasteiger partial charge in [-0.05, 0) is 18.2 Å². The van der Waals surface area contributed by atoms with Gasteiger partial charge in [0.25, 0.3) is 5.91 Å². The Kier molecular flexibility index (Phi) is 5.41. The first-order valence-corrected chi connectivity index (χ1v) is 5.65. The Morgan fingerprint density at radius 2 is 1.95 bits per heavy atom. The minimum Gasteiger partial charge on any atom is -0.763 e. The van der Waals surface area contributed by atoms with Gasteiger partial charge in [0.05, 0.1) is 16.3 Å². The molecule has 0 heterocycles. The van der Waals surface area contributed by atoms with Crippen LogP contribution < -0.4 is 5.73 Å². The van der Waals surface area contributed by atoms with E-state index in [0.717, 1.165) is 6.08 Å². The number of benzene rings is 1. The normalized spacial score (nSPS) is 11.7. The van der Waals surface area contributed by atoms with Gasteiger partial charge in [-0.1, -0.05) is 29.8 Å². The standard InChI is InChI=1S/C13H9ClN3O3/c14-10(6-8(7-15)12(16)18)11(13(19)20)17-9-4-2-1-3-5-9/h1-6H,(H2,16,18)(H,19,20)/q-1. The van der Waals surface area contributed by atoms with Crippen molar-refractivity contribution in [3.05, 3.63) is 52.4 Å². The molecule has 1 aromatic rings. The lowest BCUT2D eigenvalue weighted by Crippen LogP contribution is -2.16. The van der Waals surface area contributed by atoms with Crippen LogP contribution >= 0.6 is 11.6 Å². The Balaban J connectivity index is 3.25. The number of primary amides is 1. The second kappa shape index (κ2) is 7.04. The van der Waals surface area contributed by atoms with Gasteiger partial charge in [-0.2, -0.15) is 0 Å². The van der Waals surface area contributed by atoms with E-state index < -0.39 is 23.2 Å². The second-order valence-corrected chi connectivity index (χ2v) is 3.89. The summed E-state index contributed by atoms with van der Waals surface area (Å²) in [5, 5.41) is 17.4. The number of hydrogen-bond donors (Lipinski definition) is 2. The van der Waals surface area contributed by atoms with Gasteiger partial charge in [-0.3, -0.25) is 10.7 Å². The number of carboxylic acid groups (broad SMARTS) is 1. The minimum absolute atomic E-state index is 0.364. The summed E-state index contributed by atoms with van der Waals surface area (Å²) in [4.78, 5) is 25.9. The van der Waals surface area contributed by atoms with E-state index in [9.17, 15) is 9.59 Å². The lowest BCUT2D eigenvalue weighted by molar-refractivity contribution is -0.129. The van der Waals surface area contributed by atoms with Gasteiger partial charge in [-0.15, -0.1) is 0 Å². The predicted molar refractivity (Wildman–Crippen MR) is 76.2 cm³/mol. The van der Waals surface area contributed by atoms with Crippen molar-refractivity contribution in [1.29, 1.82) is 0 Å². The summed E-state index contributed by atoms with van der Waals surface area (Å²) < 4.78 is 0. The highest BCUT2D eigenvalue weighted by Crippen LogP contribution is 2.16. The monoisotopic (exact) mass is 290 g/mol. The van der Waals surface area contributed by atoms with Gasteiger partial charge in [0, 0.05) is 0 Å². The molecule has 0 aliphatic carbocycles. The number of amides is 1. The van der Waals surface area contributed by atoms with Gasteiger partial charge in [0.15, 0.2) is 5.71 Å². The molecule has 0 aromatic heterocycles. The number of carboxylic acids is 1. The molecule has 1 rings (SSSR count). The molecule has 0 atom stereocenters. The maximum absolute atomic E-state index is 11.1. The highest BCUT2D eigenvalue weighted by atomic mass is 35.5. The van der Waals surface area contributed by atoms with Crippen LogP contribution in [0.25, 0.3) is 5.41 Å². The minimum atomic E-state index is -1.39. The van der Waals surface area contributed by atoms with Crippen LogP contribution in [0.2, 0.25) is 0 Å². The number of aliphatic imine (C=N–C) groups is 1. The van der Waals surface area contributed by atoms with Crippen molar-refractivity contribution in [2.24, 2.45) is 10.7 Å². The van der Waals surface area contributed by atoms with Crippen LogP contribution in [0.4, 0.5) is 5.69 Å². The molecule has 0 fully saturated rings. The van der Waals surface area contributed by atoms with Crippen LogP contribution in [0, 0.1) is 0 Å². The third-order valence-corrected chi connectivity index (χ3v) is 2.37. The van der Waals surface area contributed by atoms with E-state index in [4.69, 9.17) is 27.9 Å². The Hall–Kier alpha value is -2.69. The van der Waals surface area contributed by atoms with E-state index >= 15 is 0 Å². The van der Waals surface area contributed by atoms with E-state index in [1.807, 2.05) is 0 Å². The molecule has 20 heavy (non-hydrogen) atoms. The number of carbonyl (C=O) groups is 2. The molecule has 1 amide bonds. The lowest BCUT2D eigenvalue weighted by Gasteiger charge is -2.01. The zero-order valence-electron chi connectivity index (χ0n) is 10.1. The third kappa shape index (κ3) is 4.20. The van der Waals surface area contributed by atoms with Crippen LogP contribution in [0.1, 0.15) is 0 Å². The SMILES string of the molecule is [N-]=C=C(C=C(Cl)C(=Nc1ccccc1)C(=O)O)C(N)=O. The topological polar surface area (TPSA) is 115 Å². The second-order valence-electron chi connectivity index (χ2n) is 3.48. The Labute approximate surface area is 119 Å². The van der Waals surface area contributed by atoms with Crippen LogP contribution in [-0.4, -0.2) is 28.6 Å². The van der Waals surface area contributed by atoms with Gasteiger partial charge in [0.1, 0.15) is 0 Å². The number of para-hydroxylation sites is 1. The first-order valence-electron chi connectivity index (χ1n) is 5.27. The molecule has 0 unspecified atom stereocenters. The number of nitrogens with two attached hydrogens (primary N) is 1. The molecule has 0 aliphatic heterocycles. The number of carbonyl (C=O) groups excluding carboxylic acids is 1. The van der Waals surface area contributed by atoms with E-state index in [0.29, 0.717) is 5.69 Å². The van der Waals surface area contributed by atoms with Gasteiger partial charge < -0.3 is 16.2 Å². The van der Waals surface area contributed by atoms with E-state index in [-0.39, 0.29) is 5.03 Å². The fourth-order valence-corrected chi connectivity index (χ4v) is 1.42. The Morgan fingerprint density at radius 3 is 2.40 bits per heavy atom. The van der Waals surface area contributed by atoms with Crippen molar-refractivity contribution in [3.63, 3.8) is 0 Å². The smallest absolute Gasteiger partial charge is 0.356 e. The predicted octanol–water partition coefficient (Wildman–Crippen LogP) is 1.62. The molecule has 0 saturated heterocycles. The Morgan fingerprint density at radius 1 is 1.35 bits per heavy atom. The first kappa shape index (κ1) is 15.4. The molecule has 7 heteroatoms. The van der Waals surface area contributed by atoms with Crippen LogP contribution in [0.3, 0.4) is 0 Å². The molecule has 0 bridgehead atoms. The summed E-state index contributed by atoms with van der Waals surface area (Å²) in [7, 11) is 0. The quantitative estimate of drug-likeness (QED) is 0.487. The van der Waals surface area contributed by atoms with Crippen molar-refractivity contribution in [1.82, 2.24) is 0 Å². The zero-order valence-corrected chi connectivity index (χ0v) is 10.8. The van der Waals surface area contributed by atoms with Crippen LogP contribution in [-0.2, 0) is 9.59 Å². The van der Waals surface area contributed by atoms with Crippen molar-refractivity contribution >= 4 is 40.7 Å². The average Bonchev–Trinajstić information content (AvgIpc) is 2.42. The van der Waals surface area contributed by atoms with Crippen molar-refractivity contribution in [2.45, 2.75) is 0 Å². The molecule has 3 N–H and O–H groups in total. The molecule has 6 nitrogen and oxygen atoms in total. The zero-order chi connectivity index (χ0) is 15.1. The maximum Gasteiger partial charge on any atom is 0.356 e. The molecule has 0 spiro atoms. The summed E-state index contributed by atoms with van der Waals surface area (Å²) in [6, 6.07) is 8.25. The number of rotatable bonds is 5. The first-order chi connectivity index (χ1) is 9.45. The number of halogens is 1. The van der Waals surface area contributed by atoms with Crippen LogP contribution in [0.15, 0.2) is 52.0 Å². The van der Waals surface area contributed by atoms with E-state index in [1.54, 1.807) is 30.3 Å².